The smallest absolute Gasteiger partial charge is 0.390 e. The quantitative estimate of drug-likeness (QED) is 0.109. The molecule has 14 nitrogen and oxygen atoms in total. The summed E-state index contributed by atoms with van der Waals surface area (Å²) in [6.45, 7) is 5.25. The first-order valence-corrected chi connectivity index (χ1v) is 20.7. The van der Waals surface area contributed by atoms with Gasteiger partial charge in [0, 0.05) is 37.1 Å². The van der Waals surface area contributed by atoms with E-state index in [1.165, 1.54) is 0 Å². The summed E-state index contributed by atoms with van der Waals surface area (Å²) in [5.74, 6) is 2.90. The summed E-state index contributed by atoms with van der Waals surface area (Å²) in [6, 6.07) is 32.5. The molecule has 0 unspecified atom stereocenters. The Morgan fingerprint density at radius 2 is 1.07 bits per heavy atom. The molecule has 0 bridgehead atoms. The van der Waals surface area contributed by atoms with Crippen molar-refractivity contribution in [1.82, 2.24) is 60.4 Å². The van der Waals surface area contributed by atoms with Gasteiger partial charge in [0.2, 0.25) is 5.82 Å². The maximum atomic E-state index is 9.77. The third kappa shape index (κ3) is 11.2. The number of nitrogens with zero attached hydrogens (tertiary/aromatic N) is 11. The van der Waals surface area contributed by atoms with Gasteiger partial charge in [-0.15, -0.1) is 10.2 Å². The fraction of sp³-hybridized carbons (Fsp3) is 0.273. The van der Waals surface area contributed by atoms with Crippen LogP contribution in [-0.4, -0.2) is 65.4 Å². The first-order valence-electron chi connectivity index (χ1n) is 19.9. The van der Waals surface area contributed by atoms with Gasteiger partial charge >= 0.3 is 51.4 Å². The number of aliphatic hydroxyl groups excluding tert-OH is 2. The van der Waals surface area contributed by atoms with Gasteiger partial charge in [-0.1, -0.05) is 147 Å². The molecule has 0 radical (unpaired) electrons. The van der Waals surface area contributed by atoms with Crippen molar-refractivity contribution in [1.29, 1.82) is 0 Å². The van der Waals surface area contributed by atoms with E-state index in [0.717, 1.165) is 94.7 Å². The number of imidazole rings is 2. The molecule has 0 fully saturated rings. The fourth-order valence-electron chi connectivity index (χ4n) is 7.07. The van der Waals surface area contributed by atoms with Gasteiger partial charge in [0.15, 0.2) is 10.3 Å². The Labute approximate surface area is 406 Å². The Morgan fingerprint density at radius 1 is 0.607 bits per heavy atom. The topological polar surface area (TPSA) is 183 Å². The zero-order chi connectivity index (χ0) is 41.8. The van der Waals surface area contributed by atoms with Gasteiger partial charge in [-0.05, 0) is 51.4 Å². The second kappa shape index (κ2) is 22.6. The van der Waals surface area contributed by atoms with Crippen LogP contribution in [0.4, 0.5) is 0 Å². The number of hydrogen-bond acceptors (Lipinski definition) is 10. The Bertz CT molecular complexity index is 2400. The van der Waals surface area contributed by atoms with Crippen LogP contribution in [0, 0.1) is 0 Å². The largest absolute Gasteiger partial charge is 1.00 e. The van der Waals surface area contributed by atoms with Gasteiger partial charge < -0.3 is 24.4 Å². The van der Waals surface area contributed by atoms with Crippen molar-refractivity contribution in [2.75, 3.05) is 0 Å². The summed E-state index contributed by atoms with van der Waals surface area (Å²) in [5, 5.41) is 49.8. The molecule has 4 aromatic carbocycles. The monoisotopic (exact) mass is 882 g/mol. The minimum atomic E-state index is -0.134. The van der Waals surface area contributed by atoms with Crippen LogP contribution in [0.5, 0.6) is 0 Å². The molecule has 0 aliphatic heterocycles. The molecule has 0 spiro atoms. The molecular weight excluding hydrogens is 839 g/mol. The van der Waals surface area contributed by atoms with E-state index in [9.17, 15) is 10.2 Å². The number of nitrogens with one attached hydrogen (secondary N) is 1. The predicted octanol–water partition coefficient (Wildman–Crippen LogP) is 5.17. The molecule has 61 heavy (non-hydrogen) atoms. The van der Waals surface area contributed by atoms with Crippen LogP contribution < -0.4 is 56.6 Å². The number of aliphatic hydroxyl groups is 2. The summed E-state index contributed by atoms with van der Waals surface area (Å²) < 4.78 is 4.05. The van der Waals surface area contributed by atoms with Gasteiger partial charge in [-0.2, -0.15) is 5.21 Å². The Kier molecular flexibility index (Phi) is 17.1. The molecule has 0 saturated carbocycles. The van der Waals surface area contributed by atoms with Crippen molar-refractivity contribution in [3.05, 3.63) is 142 Å². The third-order valence-electron chi connectivity index (χ3n) is 10.2. The van der Waals surface area contributed by atoms with E-state index in [1.54, 1.807) is 0 Å². The minimum Gasteiger partial charge on any atom is -0.390 e. The number of benzene rings is 4. The Hall–Kier alpha value is -4.42. The van der Waals surface area contributed by atoms with Crippen molar-refractivity contribution in [2.24, 2.45) is 0 Å². The van der Waals surface area contributed by atoms with Gasteiger partial charge in [0.25, 0.3) is 0 Å². The van der Waals surface area contributed by atoms with Gasteiger partial charge in [-0.3, -0.25) is 10.4 Å². The zero-order valence-corrected chi connectivity index (χ0v) is 39.0. The van der Waals surface area contributed by atoms with Crippen molar-refractivity contribution in [2.45, 2.75) is 78.7 Å². The number of aromatic nitrogens is 12. The van der Waals surface area contributed by atoms with Crippen LogP contribution >= 0.6 is 23.2 Å². The number of tetrazole rings is 2. The van der Waals surface area contributed by atoms with Crippen LogP contribution in [0.1, 0.15) is 73.7 Å². The van der Waals surface area contributed by atoms with Crippen LogP contribution in [0.2, 0.25) is 10.3 Å². The van der Waals surface area contributed by atoms with Gasteiger partial charge in [0.05, 0.1) is 30.4 Å². The summed E-state index contributed by atoms with van der Waals surface area (Å²) in [7, 11) is 0. The average Bonchev–Trinajstić information content (AvgIpc) is 4.12. The second-order valence-corrected chi connectivity index (χ2v) is 14.9. The fourth-order valence-corrected chi connectivity index (χ4v) is 7.59. The normalized spacial score (nSPS) is 11.0. The Morgan fingerprint density at radius 3 is 1.46 bits per heavy atom. The van der Waals surface area contributed by atoms with E-state index >= 15 is 0 Å². The number of unbranched alkanes of at least 4 members (excludes halogenated alkanes) is 2. The third-order valence-corrected chi connectivity index (χ3v) is 10.8. The van der Waals surface area contributed by atoms with E-state index in [-0.39, 0.29) is 64.6 Å². The standard InChI is InChI=1S/C22H23ClN6O.C22H22ClN6O.K/c2*1-2-3-8-20-24-21(23)19(14-30)29(20)13-15-9-11-16(12-10-15)17-6-4-5-7-18(17)22-25-27-28-26-22;/h4-7,9-12,30H,2-3,8,13-14H2,1H3,(H,25,26,27,28);4-7,9-12,30H,2-3,8,13-14H2,1H3;/q;-1;+1. The molecule has 0 atom stereocenters. The number of halogens is 2. The van der Waals surface area contributed by atoms with E-state index in [4.69, 9.17) is 23.2 Å². The summed E-state index contributed by atoms with van der Waals surface area (Å²) >= 11 is 12.5. The molecule has 4 aromatic heterocycles. The van der Waals surface area contributed by atoms with Crippen LogP contribution in [0.25, 0.3) is 45.0 Å². The van der Waals surface area contributed by atoms with Crippen LogP contribution in [0.3, 0.4) is 0 Å². The summed E-state index contributed by atoms with van der Waals surface area (Å²) in [4.78, 5) is 8.93. The zero-order valence-electron chi connectivity index (χ0n) is 34.4. The van der Waals surface area contributed by atoms with Crippen LogP contribution in [-0.2, 0) is 39.1 Å². The van der Waals surface area contributed by atoms with E-state index < -0.39 is 0 Å². The van der Waals surface area contributed by atoms with Crippen molar-refractivity contribution in [3.63, 3.8) is 0 Å². The average molecular weight is 884 g/mol. The first-order chi connectivity index (χ1) is 29.4. The molecule has 0 saturated heterocycles. The molecule has 8 rings (SSSR count). The number of hydrogen-bond donors (Lipinski definition) is 3. The molecular formula is C44H45Cl2KN12O2. The molecule has 308 valence electrons. The predicted molar refractivity (Wildman–Crippen MR) is 231 cm³/mol. The molecule has 3 N–H and O–H groups in total. The molecule has 8 aromatic rings. The maximum Gasteiger partial charge on any atom is 1.00 e. The maximum absolute atomic E-state index is 9.77. The van der Waals surface area contributed by atoms with Crippen molar-refractivity contribution < 1.29 is 61.6 Å². The number of H-pyrrole nitrogens is 1. The van der Waals surface area contributed by atoms with Gasteiger partial charge in [0.1, 0.15) is 11.6 Å². The van der Waals surface area contributed by atoms with E-state index in [1.807, 2.05) is 57.7 Å². The SMILES string of the molecule is CCCCc1nc(Cl)c(CO)n1Cc1ccc(-c2ccccc2-c2nn[n-]n2)cc1.CCCCc1nc(Cl)c(CO)n1Cc1ccc(-c2ccccc2-c2nn[nH]n2)cc1.[K+]. The molecule has 0 amide bonds. The van der Waals surface area contributed by atoms with E-state index in [0.29, 0.717) is 46.4 Å². The van der Waals surface area contributed by atoms with Crippen molar-refractivity contribution in [3.8, 4) is 45.0 Å². The van der Waals surface area contributed by atoms with E-state index in [2.05, 4.69) is 114 Å². The molecule has 4 heterocycles. The van der Waals surface area contributed by atoms with Crippen molar-refractivity contribution >= 4 is 23.2 Å². The number of rotatable bonds is 16. The Balaban J connectivity index is 0.000000201. The number of aryl methyl sites for hydroxylation is 2. The molecule has 17 heteroatoms. The number of aromatic amines is 1. The summed E-state index contributed by atoms with van der Waals surface area (Å²) in [6.07, 6.45) is 5.89. The van der Waals surface area contributed by atoms with Crippen LogP contribution in [0.15, 0.2) is 97.1 Å². The molecule has 0 aliphatic carbocycles. The summed E-state index contributed by atoms with van der Waals surface area (Å²) in [5.41, 5.74) is 9.52. The second-order valence-electron chi connectivity index (χ2n) is 14.1. The van der Waals surface area contributed by atoms with Gasteiger partial charge in [-0.25, -0.2) is 15.1 Å². The first kappa shape index (κ1) is 46.1. The minimum absolute atomic E-state index is 0. The molecule has 0 aliphatic rings.